The summed E-state index contributed by atoms with van der Waals surface area (Å²) < 4.78 is 0.739. The van der Waals surface area contributed by atoms with Crippen LogP contribution in [0.3, 0.4) is 0 Å². The zero-order valence-corrected chi connectivity index (χ0v) is 13.6. The Hall–Kier alpha value is -0.560. The second kappa shape index (κ2) is 5.44. The molecule has 6 heteroatoms. The summed E-state index contributed by atoms with van der Waals surface area (Å²) in [6.45, 7) is 1.11. The lowest BCUT2D eigenvalue weighted by molar-refractivity contribution is 0.943. The van der Waals surface area contributed by atoms with Gasteiger partial charge in [0, 0.05) is 29.1 Å². The number of fused-ring (bicyclic) bond motifs is 1. The fourth-order valence-corrected chi connectivity index (χ4v) is 4.69. The fourth-order valence-electron chi connectivity index (χ4n) is 2.04. The molecule has 0 radical (unpaired) electrons. The molecule has 3 rings (SSSR count). The zero-order valence-electron chi connectivity index (χ0n) is 10.3. The smallest absolute Gasteiger partial charge is 0.143 e. The number of thioether (sulfide) groups is 2. The number of hydrogen-bond donors (Lipinski definition) is 1. The standard InChI is InChI=1S/C13H12N2S4/c1-15-4-5-18-10-6-8(2-3-9(10)15)7-11-12(16)14-13(17)19-11/h2-3,6-7H,4-5H2,1H3,(H,14,16,17)/b11-7-. The SMILES string of the molecule is CN1CCSc2cc(/C=C3\SC(=S)NC3=S)ccc21. The molecule has 1 aromatic rings. The summed E-state index contributed by atoms with van der Waals surface area (Å²) in [7, 11) is 2.14. The van der Waals surface area contributed by atoms with Crippen molar-refractivity contribution in [2.75, 3.05) is 24.2 Å². The van der Waals surface area contributed by atoms with Gasteiger partial charge in [-0.25, -0.2) is 0 Å². The number of nitrogens with one attached hydrogen (secondary N) is 1. The van der Waals surface area contributed by atoms with Gasteiger partial charge in [0.25, 0.3) is 0 Å². The Bertz CT molecular complexity index is 594. The van der Waals surface area contributed by atoms with Gasteiger partial charge in [0.15, 0.2) is 0 Å². The van der Waals surface area contributed by atoms with Crippen LogP contribution in [0.2, 0.25) is 0 Å². The summed E-state index contributed by atoms with van der Waals surface area (Å²) in [5.74, 6) is 1.14. The Labute approximate surface area is 132 Å². The maximum absolute atomic E-state index is 5.26. The molecule has 0 atom stereocenters. The van der Waals surface area contributed by atoms with E-state index in [1.807, 2.05) is 11.8 Å². The first-order chi connectivity index (χ1) is 9.13. The molecule has 98 valence electrons. The Morgan fingerprint density at radius 1 is 1.37 bits per heavy atom. The van der Waals surface area contributed by atoms with Crippen LogP contribution in [0.5, 0.6) is 0 Å². The molecule has 2 aliphatic rings. The van der Waals surface area contributed by atoms with Crippen molar-refractivity contribution in [1.29, 1.82) is 0 Å². The topological polar surface area (TPSA) is 15.3 Å². The van der Waals surface area contributed by atoms with Crippen molar-refractivity contribution in [3.63, 3.8) is 0 Å². The van der Waals surface area contributed by atoms with Crippen molar-refractivity contribution in [2.45, 2.75) is 4.90 Å². The summed E-state index contributed by atoms with van der Waals surface area (Å²) in [6.07, 6.45) is 2.11. The van der Waals surface area contributed by atoms with E-state index in [1.54, 1.807) is 0 Å². The Morgan fingerprint density at radius 2 is 2.21 bits per heavy atom. The first-order valence-corrected chi connectivity index (χ1v) is 8.48. The second-order valence-electron chi connectivity index (χ2n) is 4.35. The average molecular weight is 325 g/mol. The Kier molecular flexibility index (Phi) is 3.84. The molecule has 2 nitrogen and oxygen atoms in total. The average Bonchev–Trinajstić information content (AvgIpc) is 2.68. The summed E-state index contributed by atoms with van der Waals surface area (Å²) in [5.41, 5.74) is 2.49. The van der Waals surface area contributed by atoms with E-state index in [-0.39, 0.29) is 0 Å². The third-order valence-electron chi connectivity index (χ3n) is 3.02. The molecule has 0 unspecified atom stereocenters. The number of hydrogen-bond acceptors (Lipinski definition) is 5. The van der Waals surface area contributed by atoms with Crippen LogP contribution < -0.4 is 10.2 Å². The van der Waals surface area contributed by atoms with Crippen molar-refractivity contribution in [3.8, 4) is 0 Å². The van der Waals surface area contributed by atoms with E-state index in [1.165, 1.54) is 27.9 Å². The molecular formula is C13H12N2S4. The van der Waals surface area contributed by atoms with E-state index < -0.39 is 0 Å². The molecule has 1 saturated heterocycles. The summed E-state index contributed by atoms with van der Waals surface area (Å²) in [5, 5.41) is 3.00. The van der Waals surface area contributed by atoms with Gasteiger partial charge < -0.3 is 10.2 Å². The molecule has 0 aromatic heterocycles. The van der Waals surface area contributed by atoms with Crippen molar-refractivity contribution >= 4 is 69.0 Å². The van der Waals surface area contributed by atoms with Gasteiger partial charge in [-0.2, -0.15) is 0 Å². The molecule has 0 amide bonds. The van der Waals surface area contributed by atoms with Gasteiger partial charge in [0.05, 0.1) is 5.69 Å². The lowest BCUT2D eigenvalue weighted by Gasteiger charge is -2.27. The van der Waals surface area contributed by atoms with Crippen LogP contribution in [0.25, 0.3) is 6.08 Å². The summed E-state index contributed by atoms with van der Waals surface area (Å²) >= 11 is 13.8. The molecule has 1 N–H and O–H groups in total. The highest BCUT2D eigenvalue weighted by atomic mass is 32.2. The van der Waals surface area contributed by atoms with E-state index in [4.69, 9.17) is 24.4 Å². The molecule has 2 heterocycles. The number of nitrogens with zero attached hydrogens (tertiary/aromatic N) is 1. The molecule has 1 aromatic carbocycles. The minimum absolute atomic E-state index is 0.734. The van der Waals surface area contributed by atoms with E-state index in [0.717, 1.165) is 26.5 Å². The monoisotopic (exact) mass is 324 g/mol. The van der Waals surface area contributed by atoms with Crippen molar-refractivity contribution in [1.82, 2.24) is 5.32 Å². The van der Waals surface area contributed by atoms with Gasteiger partial charge >= 0.3 is 0 Å². The maximum Gasteiger partial charge on any atom is 0.143 e. The predicted octanol–water partition coefficient (Wildman–Crippen LogP) is 3.52. The highest BCUT2D eigenvalue weighted by Crippen LogP contribution is 2.35. The summed E-state index contributed by atoms with van der Waals surface area (Å²) in [6, 6.07) is 6.55. The molecule has 2 aliphatic heterocycles. The zero-order chi connectivity index (χ0) is 13.4. The quantitative estimate of drug-likeness (QED) is 0.623. The van der Waals surface area contributed by atoms with E-state index in [9.17, 15) is 0 Å². The largest absolute Gasteiger partial charge is 0.373 e. The van der Waals surface area contributed by atoms with Crippen LogP contribution in [-0.4, -0.2) is 28.7 Å². The lowest BCUT2D eigenvalue weighted by atomic mass is 10.1. The van der Waals surface area contributed by atoms with Gasteiger partial charge in [0.2, 0.25) is 0 Å². The van der Waals surface area contributed by atoms with Gasteiger partial charge in [-0.3, -0.25) is 0 Å². The number of anilines is 1. The summed E-state index contributed by atoms with van der Waals surface area (Å²) in [4.78, 5) is 5.41. The Balaban J connectivity index is 1.93. The minimum atomic E-state index is 0.734. The predicted molar refractivity (Wildman–Crippen MR) is 94.3 cm³/mol. The number of thiocarbonyl (C=S) groups is 2. The van der Waals surface area contributed by atoms with E-state index in [0.29, 0.717) is 0 Å². The first-order valence-electron chi connectivity index (χ1n) is 5.86. The van der Waals surface area contributed by atoms with Crippen LogP contribution in [-0.2, 0) is 0 Å². The number of rotatable bonds is 1. The molecule has 0 spiro atoms. The van der Waals surface area contributed by atoms with E-state index >= 15 is 0 Å². The van der Waals surface area contributed by atoms with Crippen LogP contribution in [0, 0.1) is 0 Å². The van der Waals surface area contributed by atoms with Gasteiger partial charge in [0.1, 0.15) is 9.31 Å². The highest BCUT2D eigenvalue weighted by Gasteiger charge is 2.19. The normalized spacial score (nSPS) is 20.7. The third kappa shape index (κ3) is 2.81. The third-order valence-corrected chi connectivity index (χ3v) is 5.68. The lowest BCUT2D eigenvalue weighted by Crippen LogP contribution is -2.24. The van der Waals surface area contributed by atoms with Crippen molar-refractivity contribution < 1.29 is 0 Å². The van der Waals surface area contributed by atoms with Crippen LogP contribution in [0.1, 0.15) is 5.56 Å². The molecule has 1 fully saturated rings. The van der Waals surface area contributed by atoms with Crippen LogP contribution in [0.15, 0.2) is 28.0 Å². The van der Waals surface area contributed by atoms with Gasteiger partial charge in [-0.15, -0.1) is 11.8 Å². The maximum atomic E-state index is 5.26. The van der Waals surface area contributed by atoms with Crippen LogP contribution in [0.4, 0.5) is 5.69 Å². The van der Waals surface area contributed by atoms with Crippen LogP contribution >= 0.6 is 48.0 Å². The van der Waals surface area contributed by atoms with Gasteiger partial charge in [-0.05, 0) is 23.8 Å². The molecule has 0 saturated carbocycles. The van der Waals surface area contributed by atoms with Crippen molar-refractivity contribution in [2.24, 2.45) is 0 Å². The second-order valence-corrected chi connectivity index (χ2v) is 7.61. The highest BCUT2D eigenvalue weighted by molar-refractivity contribution is 8.27. The van der Waals surface area contributed by atoms with Gasteiger partial charge in [-0.1, -0.05) is 42.3 Å². The molecular weight excluding hydrogens is 312 g/mol. The number of benzene rings is 1. The fraction of sp³-hybridized carbons (Fsp3) is 0.231. The first kappa shape index (κ1) is 13.4. The van der Waals surface area contributed by atoms with Crippen molar-refractivity contribution in [3.05, 3.63) is 28.7 Å². The minimum Gasteiger partial charge on any atom is -0.373 e. The Morgan fingerprint density at radius 3 is 2.95 bits per heavy atom. The molecule has 0 bridgehead atoms. The molecule has 19 heavy (non-hydrogen) atoms. The molecule has 0 aliphatic carbocycles. The van der Waals surface area contributed by atoms with E-state index in [2.05, 4.69) is 41.5 Å².